The number of amides is 1. The minimum atomic E-state index is -2.55. The molecule has 134 valence electrons. The van der Waals surface area contributed by atoms with Crippen molar-refractivity contribution >= 4 is 23.4 Å². The Hall–Kier alpha value is -2.02. The van der Waals surface area contributed by atoms with E-state index in [0.717, 1.165) is 23.2 Å². The number of thioether (sulfide) groups is 1. The van der Waals surface area contributed by atoms with E-state index >= 15 is 0 Å². The summed E-state index contributed by atoms with van der Waals surface area (Å²) in [5.41, 5.74) is 4.01. The van der Waals surface area contributed by atoms with Gasteiger partial charge in [0.15, 0.2) is 5.16 Å². The minimum absolute atomic E-state index is 0.0649. The number of aromatic nitrogens is 2. The molecule has 0 bridgehead atoms. The standard InChI is InChI=1S/C18H21F2N3OS/c1-4-13-7-5-6-8-15(13)23-16(24)10-9-14-11(2)21-18(22-12(14)3)25-17(19)20/h5-8,17H,4,9-10H2,1-3H3,(H,23,24). The summed E-state index contributed by atoms with van der Waals surface area (Å²) >= 11 is 0.331. The molecule has 1 amide bonds. The number of para-hydroxylation sites is 1. The molecule has 1 N–H and O–H groups in total. The average Bonchev–Trinajstić information content (AvgIpc) is 2.54. The maximum absolute atomic E-state index is 12.4. The van der Waals surface area contributed by atoms with E-state index in [1.54, 1.807) is 13.8 Å². The van der Waals surface area contributed by atoms with Gasteiger partial charge >= 0.3 is 0 Å². The van der Waals surface area contributed by atoms with Gasteiger partial charge in [-0.3, -0.25) is 4.79 Å². The van der Waals surface area contributed by atoms with Gasteiger partial charge in [0, 0.05) is 23.5 Å². The molecule has 0 saturated heterocycles. The van der Waals surface area contributed by atoms with Crippen molar-refractivity contribution in [1.29, 1.82) is 0 Å². The van der Waals surface area contributed by atoms with E-state index in [0.29, 0.717) is 29.6 Å². The molecule has 1 aromatic heterocycles. The zero-order valence-electron chi connectivity index (χ0n) is 14.5. The monoisotopic (exact) mass is 365 g/mol. The lowest BCUT2D eigenvalue weighted by Gasteiger charge is -2.12. The molecule has 0 aliphatic heterocycles. The Morgan fingerprint density at radius 1 is 1.20 bits per heavy atom. The fraction of sp³-hybridized carbons (Fsp3) is 0.389. The number of nitrogens with zero attached hydrogens (tertiary/aromatic N) is 2. The Bertz CT molecular complexity index is 730. The summed E-state index contributed by atoms with van der Waals surface area (Å²) in [6, 6.07) is 7.69. The summed E-state index contributed by atoms with van der Waals surface area (Å²) < 4.78 is 24.9. The molecule has 0 saturated carbocycles. The van der Waals surface area contributed by atoms with Crippen LogP contribution in [0.3, 0.4) is 0 Å². The average molecular weight is 365 g/mol. The lowest BCUT2D eigenvalue weighted by Crippen LogP contribution is -2.15. The number of nitrogens with one attached hydrogen (secondary N) is 1. The Kier molecular flexibility index (Phi) is 6.87. The summed E-state index contributed by atoms with van der Waals surface area (Å²) in [6.07, 6.45) is 1.59. The number of halogens is 2. The highest BCUT2D eigenvalue weighted by molar-refractivity contribution is 7.99. The highest BCUT2D eigenvalue weighted by atomic mass is 32.2. The fourth-order valence-corrected chi connectivity index (χ4v) is 3.14. The fourth-order valence-electron chi connectivity index (χ4n) is 2.60. The van der Waals surface area contributed by atoms with Gasteiger partial charge in [-0.1, -0.05) is 25.1 Å². The van der Waals surface area contributed by atoms with Crippen LogP contribution in [0.5, 0.6) is 0 Å². The van der Waals surface area contributed by atoms with E-state index in [4.69, 9.17) is 0 Å². The summed E-state index contributed by atoms with van der Waals surface area (Å²) in [7, 11) is 0. The summed E-state index contributed by atoms with van der Waals surface area (Å²) in [5, 5.41) is 2.99. The number of rotatable bonds is 7. The van der Waals surface area contributed by atoms with Gasteiger partial charge in [0.1, 0.15) is 0 Å². The second-order valence-electron chi connectivity index (χ2n) is 5.59. The number of benzene rings is 1. The van der Waals surface area contributed by atoms with Crippen molar-refractivity contribution in [3.8, 4) is 0 Å². The number of anilines is 1. The van der Waals surface area contributed by atoms with E-state index in [9.17, 15) is 13.6 Å². The molecule has 0 aliphatic carbocycles. The van der Waals surface area contributed by atoms with Crippen LogP contribution in [0.2, 0.25) is 0 Å². The number of hydrogen-bond donors (Lipinski definition) is 1. The van der Waals surface area contributed by atoms with Crippen LogP contribution in [0.15, 0.2) is 29.4 Å². The summed E-state index contributed by atoms with van der Waals surface area (Å²) in [6.45, 7) is 5.54. The first-order valence-corrected chi connectivity index (χ1v) is 8.95. The van der Waals surface area contributed by atoms with E-state index in [2.05, 4.69) is 15.3 Å². The molecule has 2 rings (SSSR count). The molecule has 0 atom stereocenters. The second kappa shape index (κ2) is 8.89. The highest BCUT2D eigenvalue weighted by Crippen LogP contribution is 2.24. The summed E-state index contributed by atoms with van der Waals surface area (Å²) in [4.78, 5) is 20.4. The molecule has 0 unspecified atom stereocenters. The molecule has 7 heteroatoms. The molecule has 0 aliphatic rings. The molecule has 2 aromatic rings. The van der Waals surface area contributed by atoms with Gasteiger partial charge in [0.05, 0.1) is 0 Å². The molecule has 4 nitrogen and oxygen atoms in total. The first kappa shape index (κ1) is 19.3. The number of alkyl halides is 2. The number of carbonyl (C=O) groups excluding carboxylic acids is 1. The van der Waals surface area contributed by atoms with Gasteiger partial charge in [-0.05, 0) is 55.6 Å². The van der Waals surface area contributed by atoms with E-state index in [1.165, 1.54) is 0 Å². The van der Waals surface area contributed by atoms with Crippen LogP contribution in [-0.2, 0) is 17.6 Å². The molecule has 1 aromatic carbocycles. The first-order valence-electron chi connectivity index (χ1n) is 8.07. The molecular weight excluding hydrogens is 344 g/mol. The van der Waals surface area contributed by atoms with Crippen molar-refractivity contribution < 1.29 is 13.6 Å². The largest absolute Gasteiger partial charge is 0.326 e. The topological polar surface area (TPSA) is 54.9 Å². The smallest absolute Gasteiger partial charge is 0.291 e. The van der Waals surface area contributed by atoms with Crippen LogP contribution >= 0.6 is 11.8 Å². The Labute approximate surface area is 150 Å². The van der Waals surface area contributed by atoms with Crippen LogP contribution < -0.4 is 5.32 Å². The maximum Gasteiger partial charge on any atom is 0.291 e. The third kappa shape index (κ3) is 5.49. The first-order chi connectivity index (χ1) is 11.9. The Morgan fingerprint density at radius 3 is 2.44 bits per heavy atom. The van der Waals surface area contributed by atoms with E-state index < -0.39 is 5.76 Å². The van der Waals surface area contributed by atoms with Gasteiger partial charge in [0.25, 0.3) is 5.76 Å². The van der Waals surface area contributed by atoms with Crippen LogP contribution in [0.4, 0.5) is 14.5 Å². The molecular formula is C18H21F2N3OS. The van der Waals surface area contributed by atoms with Crippen molar-refractivity contribution in [2.24, 2.45) is 0 Å². The Balaban J connectivity index is 2.02. The zero-order chi connectivity index (χ0) is 18.4. The van der Waals surface area contributed by atoms with Gasteiger partial charge < -0.3 is 5.32 Å². The Morgan fingerprint density at radius 2 is 1.84 bits per heavy atom. The molecule has 0 fully saturated rings. The number of carbonyl (C=O) groups is 1. The predicted octanol–water partition coefficient (Wildman–Crippen LogP) is 4.54. The third-order valence-electron chi connectivity index (χ3n) is 3.87. The molecule has 25 heavy (non-hydrogen) atoms. The van der Waals surface area contributed by atoms with Gasteiger partial charge in [-0.2, -0.15) is 8.78 Å². The highest BCUT2D eigenvalue weighted by Gasteiger charge is 2.14. The predicted molar refractivity (Wildman–Crippen MR) is 96.1 cm³/mol. The molecule has 0 radical (unpaired) electrons. The van der Waals surface area contributed by atoms with Crippen molar-refractivity contribution in [3.63, 3.8) is 0 Å². The third-order valence-corrected chi connectivity index (χ3v) is 4.44. The lowest BCUT2D eigenvalue weighted by molar-refractivity contribution is -0.116. The zero-order valence-corrected chi connectivity index (χ0v) is 15.3. The second-order valence-corrected chi connectivity index (χ2v) is 6.55. The number of hydrogen-bond acceptors (Lipinski definition) is 4. The van der Waals surface area contributed by atoms with Gasteiger partial charge in [-0.25, -0.2) is 9.97 Å². The molecule has 0 spiro atoms. The minimum Gasteiger partial charge on any atom is -0.326 e. The summed E-state index contributed by atoms with van der Waals surface area (Å²) in [5.74, 6) is -2.64. The number of aryl methyl sites for hydroxylation is 3. The maximum atomic E-state index is 12.4. The van der Waals surface area contributed by atoms with Gasteiger partial charge in [0.2, 0.25) is 5.91 Å². The van der Waals surface area contributed by atoms with Crippen LogP contribution in [0.1, 0.15) is 35.9 Å². The normalized spacial score (nSPS) is 11.0. The van der Waals surface area contributed by atoms with Crippen molar-refractivity contribution in [1.82, 2.24) is 9.97 Å². The van der Waals surface area contributed by atoms with Crippen molar-refractivity contribution in [2.45, 2.75) is 50.9 Å². The van der Waals surface area contributed by atoms with E-state index in [-0.39, 0.29) is 17.5 Å². The van der Waals surface area contributed by atoms with Crippen LogP contribution in [0.25, 0.3) is 0 Å². The van der Waals surface area contributed by atoms with Crippen LogP contribution in [-0.4, -0.2) is 21.6 Å². The quantitative estimate of drug-likeness (QED) is 0.578. The van der Waals surface area contributed by atoms with E-state index in [1.807, 2.05) is 31.2 Å². The van der Waals surface area contributed by atoms with Crippen LogP contribution in [0, 0.1) is 13.8 Å². The van der Waals surface area contributed by atoms with Gasteiger partial charge in [-0.15, -0.1) is 0 Å². The molecule has 1 heterocycles. The van der Waals surface area contributed by atoms with Crippen molar-refractivity contribution in [3.05, 3.63) is 46.8 Å². The SMILES string of the molecule is CCc1ccccc1NC(=O)CCc1c(C)nc(SC(F)F)nc1C. The lowest BCUT2D eigenvalue weighted by atomic mass is 10.1. The van der Waals surface area contributed by atoms with Crippen molar-refractivity contribution in [2.75, 3.05) is 5.32 Å².